The molecular weight excluding hydrogens is 240 g/mol. The number of aromatic nitrogens is 1. The van der Waals surface area contributed by atoms with E-state index in [0.717, 1.165) is 11.6 Å². The van der Waals surface area contributed by atoms with Crippen molar-refractivity contribution in [3.63, 3.8) is 0 Å². The maximum atomic E-state index is 5.87. The minimum atomic E-state index is 0.504. The molecule has 0 spiro atoms. The fraction of sp³-hybridized carbons (Fsp3) is 0.400. The topological polar surface area (TPSA) is 38.9 Å². The van der Waals surface area contributed by atoms with Gasteiger partial charge in [-0.25, -0.2) is 4.98 Å². The number of hydrogen-bond donors (Lipinski definition) is 1. The van der Waals surface area contributed by atoms with Gasteiger partial charge in [0.1, 0.15) is 0 Å². The third-order valence-electron chi connectivity index (χ3n) is 3.77. The maximum absolute atomic E-state index is 5.87. The van der Waals surface area contributed by atoms with Crippen LogP contribution < -0.4 is 5.73 Å². The Morgan fingerprint density at radius 1 is 1.33 bits per heavy atom. The molecule has 3 heteroatoms. The van der Waals surface area contributed by atoms with E-state index in [-0.39, 0.29) is 0 Å². The maximum Gasteiger partial charge on any atom is 0.180 e. The van der Waals surface area contributed by atoms with Gasteiger partial charge in [-0.3, -0.25) is 0 Å². The zero-order valence-corrected chi connectivity index (χ0v) is 11.7. The molecule has 0 saturated heterocycles. The van der Waals surface area contributed by atoms with Crippen LogP contribution in [0.15, 0.2) is 18.2 Å². The summed E-state index contributed by atoms with van der Waals surface area (Å²) in [5, 5.41) is 0.719. The lowest BCUT2D eigenvalue weighted by atomic mass is 9.84. The summed E-state index contributed by atoms with van der Waals surface area (Å²) in [5.41, 5.74) is 11.3. The first kappa shape index (κ1) is 11.7. The van der Waals surface area contributed by atoms with Crippen LogP contribution in [0, 0.1) is 13.8 Å². The number of aryl methyl sites for hydroxylation is 3. The van der Waals surface area contributed by atoms with E-state index in [1.807, 2.05) is 0 Å². The Bertz CT molecular complexity index is 586. The van der Waals surface area contributed by atoms with Crippen LogP contribution in [0.4, 0.5) is 5.13 Å². The van der Waals surface area contributed by atoms with Crippen molar-refractivity contribution in [1.29, 1.82) is 0 Å². The van der Waals surface area contributed by atoms with Gasteiger partial charge in [0.05, 0.1) is 5.69 Å². The highest BCUT2D eigenvalue weighted by atomic mass is 32.1. The molecule has 2 nitrogen and oxygen atoms in total. The average molecular weight is 258 g/mol. The van der Waals surface area contributed by atoms with Gasteiger partial charge in [-0.05, 0) is 44.2 Å². The zero-order valence-electron chi connectivity index (χ0n) is 10.9. The Morgan fingerprint density at radius 3 is 2.94 bits per heavy atom. The molecule has 0 amide bonds. The van der Waals surface area contributed by atoms with Crippen molar-refractivity contribution >= 4 is 16.5 Å². The van der Waals surface area contributed by atoms with E-state index < -0.39 is 0 Å². The Hall–Kier alpha value is -1.35. The summed E-state index contributed by atoms with van der Waals surface area (Å²) in [6.45, 7) is 4.36. The van der Waals surface area contributed by atoms with Gasteiger partial charge in [0.2, 0.25) is 0 Å². The number of benzene rings is 1. The molecule has 18 heavy (non-hydrogen) atoms. The van der Waals surface area contributed by atoms with Crippen molar-refractivity contribution in [2.75, 3.05) is 5.73 Å². The van der Waals surface area contributed by atoms with Crippen molar-refractivity contribution < 1.29 is 0 Å². The van der Waals surface area contributed by atoms with Crippen molar-refractivity contribution in [2.45, 2.75) is 39.0 Å². The molecule has 1 aromatic heterocycles. The van der Waals surface area contributed by atoms with Gasteiger partial charge in [-0.2, -0.15) is 0 Å². The van der Waals surface area contributed by atoms with Crippen LogP contribution >= 0.6 is 11.3 Å². The van der Waals surface area contributed by atoms with E-state index in [9.17, 15) is 0 Å². The zero-order chi connectivity index (χ0) is 12.7. The summed E-state index contributed by atoms with van der Waals surface area (Å²) in [6.07, 6.45) is 3.52. The fourth-order valence-corrected chi connectivity index (χ4v) is 3.99. The summed E-state index contributed by atoms with van der Waals surface area (Å²) in [5.74, 6) is 0.504. The minimum absolute atomic E-state index is 0.504. The second-order valence-corrected chi connectivity index (χ2v) is 6.23. The molecular formula is C15H18N2S. The van der Waals surface area contributed by atoms with Crippen LogP contribution in [-0.2, 0) is 6.42 Å². The van der Waals surface area contributed by atoms with Crippen LogP contribution in [0.2, 0.25) is 0 Å². The molecule has 0 bridgehead atoms. The van der Waals surface area contributed by atoms with Crippen LogP contribution in [-0.4, -0.2) is 4.98 Å². The average Bonchev–Trinajstić information content (AvgIpc) is 2.69. The fourth-order valence-electron chi connectivity index (χ4n) is 2.95. The van der Waals surface area contributed by atoms with E-state index >= 15 is 0 Å². The molecule has 0 radical (unpaired) electrons. The van der Waals surface area contributed by atoms with Gasteiger partial charge in [-0.1, -0.05) is 23.8 Å². The summed E-state index contributed by atoms with van der Waals surface area (Å²) in [7, 11) is 0. The summed E-state index contributed by atoms with van der Waals surface area (Å²) in [4.78, 5) is 5.86. The van der Waals surface area contributed by atoms with Crippen LogP contribution in [0.1, 0.15) is 46.0 Å². The molecule has 1 unspecified atom stereocenters. The van der Waals surface area contributed by atoms with Gasteiger partial charge in [0.25, 0.3) is 0 Å². The quantitative estimate of drug-likeness (QED) is 0.844. The number of nitrogen functional groups attached to an aromatic ring is 1. The molecule has 0 fully saturated rings. The van der Waals surface area contributed by atoms with E-state index in [0.29, 0.717) is 5.92 Å². The third kappa shape index (κ3) is 1.93. The first-order chi connectivity index (χ1) is 8.65. The Labute approximate surface area is 112 Å². The molecule has 0 saturated carbocycles. The lowest BCUT2D eigenvalue weighted by Gasteiger charge is -2.23. The van der Waals surface area contributed by atoms with E-state index in [2.05, 4.69) is 37.0 Å². The molecule has 1 heterocycles. The van der Waals surface area contributed by atoms with Gasteiger partial charge in [0, 0.05) is 10.8 Å². The molecule has 2 N–H and O–H groups in total. The van der Waals surface area contributed by atoms with Gasteiger partial charge >= 0.3 is 0 Å². The summed E-state index contributed by atoms with van der Waals surface area (Å²) >= 11 is 1.67. The first-order valence-electron chi connectivity index (χ1n) is 6.47. The second-order valence-electron chi connectivity index (χ2n) is 5.17. The van der Waals surface area contributed by atoms with Crippen LogP contribution in [0.25, 0.3) is 0 Å². The van der Waals surface area contributed by atoms with Gasteiger partial charge in [0.15, 0.2) is 5.13 Å². The van der Waals surface area contributed by atoms with Crippen molar-refractivity contribution in [1.82, 2.24) is 4.98 Å². The predicted octanol–water partition coefficient (Wildman–Crippen LogP) is 3.81. The molecule has 1 aliphatic rings. The first-order valence-corrected chi connectivity index (χ1v) is 7.29. The minimum Gasteiger partial charge on any atom is -0.375 e. The standard InChI is InChI=1S/C15H18N2S/c1-9-6-7-11(10(2)8-9)12-4-3-5-13-14(12)18-15(16)17-13/h6-8,12H,3-5H2,1-2H3,(H2,16,17). The molecule has 1 atom stereocenters. The highest BCUT2D eigenvalue weighted by Gasteiger charge is 2.26. The monoisotopic (exact) mass is 258 g/mol. The van der Waals surface area contributed by atoms with Crippen LogP contribution in [0.3, 0.4) is 0 Å². The number of nitrogens with two attached hydrogens (primary N) is 1. The van der Waals surface area contributed by atoms with Crippen LogP contribution in [0.5, 0.6) is 0 Å². The molecule has 2 aromatic rings. The van der Waals surface area contributed by atoms with Gasteiger partial charge in [-0.15, -0.1) is 11.3 Å². The number of hydrogen-bond acceptors (Lipinski definition) is 3. The normalized spacial score (nSPS) is 18.7. The van der Waals surface area contributed by atoms with Crippen molar-refractivity contribution in [2.24, 2.45) is 0 Å². The summed E-state index contributed by atoms with van der Waals surface area (Å²) < 4.78 is 0. The highest BCUT2D eigenvalue weighted by Crippen LogP contribution is 2.41. The van der Waals surface area contributed by atoms with E-state index in [4.69, 9.17) is 5.73 Å². The number of thiazole rings is 1. The number of anilines is 1. The predicted molar refractivity (Wildman–Crippen MR) is 77.2 cm³/mol. The molecule has 94 valence electrons. The molecule has 1 aromatic carbocycles. The van der Waals surface area contributed by atoms with E-state index in [1.54, 1.807) is 11.3 Å². The molecule has 1 aliphatic carbocycles. The molecule has 0 aliphatic heterocycles. The number of fused-ring (bicyclic) bond motifs is 1. The van der Waals surface area contributed by atoms with Crippen molar-refractivity contribution in [3.05, 3.63) is 45.5 Å². The smallest absolute Gasteiger partial charge is 0.180 e. The lowest BCUT2D eigenvalue weighted by molar-refractivity contribution is 0.615. The second kappa shape index (κ2) is 4.39. The Morgan fingerprint density at radius 2 is 2.17 bits per heavy atom. The largest absolute Gasteiger partial charge is 0.375 e. The van der Waals surface area contributed by atoms with Gasteiger partial charge < -0.3 is 5.73 Å². The lowest BCUT2D eigenvalue weighted by Crippen LogP contribution is -2.10. The Balaban J connectivity index is 2.07. The Kier molecular flexibility index (Phi) is 2.86. The summed E-state index contributed by atoms with van der Waals surface area (Å²) in [6, 6.07) is 6.76. The highest BCUT2D eigenvalue weighted by molar-refractivity contribution is 7.15. The number of rotatable bonds is 1. The number of nitrogens with zero attached hydrogens (tertiary/aromatic N) is 1. The third-order valence-corrected chi connectivity index (χ3v) is 4.81. The van der Waals surface area contributed by atoms with E-state index in [1.165, 1.54) is 40.1 Å². The molecule has 3 rings (SSSR count). The van der Waals surface area contributed by atoms with Crippen molar-refractivity contribution in [3.8, 4) is 0 Å². The SMILES string of the molecule is Cc1ccc(C2CCCc3nc(N)sc32)c(C)c1.